The molecule has 2 atom stereocenters. The van der Waals surface area contributed by atoms with Crippen LogP contribution >= 0.6 is 0 Å². The van der Waals surface area contributed by atoms with Gasteiger partial charge >= 0.3 is 12.1 Å². The molecule has 0 radical (unpaired) electrons. The number of hydrogen-bond donors (Lipinski definition) is 5. The highest BCUT2D eigenvalue weighted by atomic mass is 16.5. The largest absolute Gasteiger partial charge is 0.508 e. The molecule has 188 valence electrons. The number of benzene rings is 2. The van der Waals surface area contributed by atoms with Crippen molar-refractivity contribution in [3.63, 3.8) is 0 Å². The van der Waals surface area contributed by atoms with E-state index in [0.717, 1.165) is 5.56 Å². The van der Waals surface area contributed by atoms with Gasteiger partial charge in [0.25, 0.3) is 0 Å². The monoisotopic (exact) mass is 485 g/mol. The maximum absolute atomic E-state index is 12.8. The summed E-state index contributed by atoms with van der Waals surface area (Å²) in [6, 6.07) is 13.0. The Kier molecular flexibility index (Phi) is 10.5. The number of aliphatic carboxylic acids is 1. The lowest BCUT2D eigenvalue weighted by Gasteiger charge is -2.20. The quantitative estimate of drug-likeness (QED) is 0.308. The van der Waals surface area contributed by atoms with E-state index in [0.29, 0.717) is 5.56 Å². The van der Waals surface area contributed by atoms with Crippen LogP contribution in [0.1, 0.15) is 31.4 Å². The number of carbonyl (C=O) groups is 4. The summed E-state index contributed by atoms with van der Waals surface area (Å²) in [7, 11) is 0. The molecule has 2 aromatic rings. The topological polar surface area (TPSA) is 154 Å². The number of alkyl carbamates (subject to hydrolysis) is 1. The first-order valence-corrected chi connectivity index (χ1v) is 11.2. The van der Waals surface area contributed by atoms with E-state index in [2.05, 4.69) is 16.0 Å². The molecule has 2 aromatic carbocycles. The first kappa shape index (κ1) is 27.2. The van der Waals surface area contributed by atoms with Gasteiger partial charge in [0, 0.05) is 6.42 Å². The third kappa shape index (κ3) is 10.2. The Morgan fingerprint density at radius 2 is 1.54 bits per heavy atom. The normalized spacial score (nSPS) is 12.3. The highest BCUT2D eigenvalue weighted by molar-refractivity contribution is 5.91. The van der Waals surface area contributed by atoms with Gasteiger partial charge in [-0.05, 0) is 35.6 Å². The minimum absolute atomic E-state index is 0.00898. The van der Waals surface area contributed by atoms with Gasteiger partial charge in [-0.2, -0.15) is 0 Å². The maximum atomic E-state index is 12.8. The zero-order valence-corrected chi connectivity index (χ0v) is 19.7. The molecule has 0 heterocycles. The molecule has 10 heteroatoms. The first-order chi connectivity index (χ1) is 16.6. The number of nitrogens with one attached hydrogen (secondary N) is 3. The van der Waals surface area contributed by atoms with Crippen LogP contribution in [0.2, 0.25) is 0 Å². The van der Waals surface area contributed by atoms with Gasteiger partial charge in [-0.1, -0.05) is 56.3 Å². The van der Waals surface area contributed by atoms with Crippen LogP contribution in [0.3, 0.4) is 0 Å². The van der Waals surface area contributed by atoms with Crippen molar-refractivity contribution in [3.8, 4) is 5.75 Å². The van der Waals surface area contributed by atoms with E-state index < -0.39 is 42.5 Å². The minimum atomic E-state index is -1.16. The fourth-order valence-corrected chi connectivity index (χ4v) is 3.21. The smallest absolute Gasteiger partial charge is 0.408 e. The minimum Gasteiger partial charge on any atom is -0.508 e. The summed E-state index contributed by atoms with van der Waals surface area (Å²) >= 11 is 0. The van der Waals surface area contributed by atoms with Gasteiger partial charge < -0.3 is 30.9 Å². The molecular formula is C25H31N3O7. The lowest BCUT2D eigenvalue weighted by Crippen LogP contribution is -2.51. The summed E-state index contributed by atoms with van der Waals surface area (Å²) in [5, 5.41) is 26.1. The zero-order chi connectivity index (χ0) is 25.8. The molecule has 0 spiro atoms. The molecule has 0 aliphatic rings. The van der Waals surface area contributed by atoms with Crippen LogP contribution in [0.5, 0.6) is 5.75 Å². The van der Waals surface area contributed by atoms with Gasteiger partial charge in [-0.3, -0.25) is 9.59 Å². The third-order valence-corrected chi connectivity index (χ3v) is 4.96. The fourth-order valence-electron chi connectivity index (χ4n) is 3.21. The molecule has 0 bridgehead atoms. The highest BCUT2D eigenvalue weighted by Gasteiger charge is 2.24. The molecule has 0 aliphatic heterocycles. The molecule has 5 N–H and O–H groups in total. The van der Waals surface area contributed by atoms with Crippen LogP contribution < -0.4 is 16.0 Å². The average molecular weight is 486 g/mol. The van der Waals surface area contributed by atoms with Crippen molar-refractivity contribution in [3.05, 3.63) is 65.7 Å². The molecule has 35 heavy (non-hydrogen) atoms. The number of rotatable bonds is 12. The van der Waals surface area contributed by atoms with Gasteiger partial charge in [0.05, 0.1) is 6.54 Å². The number of carboxylic acid groups (broad SMARTS) is 1. The number of aromatic hydroxyl groups is 1. The first-order valence-electron chi connectivity index (χ1n) is 11.2. The van der Waals surface area contributed by atoms with Crippen molar-refractivity contribution < 1.29 is 34.1 Å². The van der Waals surface area contributed by atoms with E-state index in [-0.39, 0.29) is 31.1 Å². The van der Waals surface area contributed by atoms with Gasteiger partial charge in [0.1, 0.15) is 24.4 Å². The Hall–Kier alpha value is -4.08. The van der Waals surface area contributed by atoms with Crippen LogP contribution in [0.25, 0.3) is 0 Å². The highest BCUT2D eigenvalue weighted by Crippen LogP contribution is 2.12. The molecule has 2 unspecified atom stereocenters. The lowest BCUT2D eigenvalue weighted by molar-refractivity contribution is -0.142. The van der Waals surface area contributed by atoms with Crippen LogP contribution in [0, 0.1) is 5.92 Å². The average Bonchev–Trinajstić information content (AvgIpc) is 2.82. The summed E-state index contributed by atoms with van der Waals surface area (Å²) in [4.78, 5) is 48.7. The number of carboxylic acids is 1. The maximum Gasteiger partial charge on any atom is 0.408 e. The van der Waals surface area contributed by atoms with Crippen molar-refractivity contribution in [1.82, 2.24) is 16.0 Å². The van der Waals surface area contributed by atoms with Crippen LogP contribution in [-0.2, 0) is 32.1 Å². The second kappa shape index (κ2) is 13.6. The number of phenols is 1. The lowest BCUT2D eigenvalue weighted by atomic mass is 10.0. The number of phenolic OH excluding ortho intramolecular Hbond substituents is 1. The zero-order valence-electron chi connectivity index (χ0n) is 19.7. The molecule has 3 amide bonds. The van der Waals surface area contributed by atoms with E-state index >= 15 is 0 Å². The van der Waals surface area contributed by atoms with E-state index in [4.69, 9.17) is 4.74 Å². The Morgan fingerprint density at radius 1 is 0.886 bits per heavy atom. The van der Waals surface area contributed by atoms with Crippen molar-refractivity contribution >= 4 is 23.9 Å². The van der Waals surface area contributed by atoms with E-state index in [1.165, 1.54) is 12.1 Å². The number of ether oxygens (including phenoxy) is 1. The van der Waals surface area contributed by atoms with Gasteiger partial charge in [0.15, 0.2) is 0 Å². The summed E-state index contributed by atoms with van der Waals surface area (Å²) in [6.45, 7) is 3.21. The molecule has 0 saturated carbocycles. The predicted octanol–water partition coefficient (Wildman–Crippen LogP) is 1.96. The van der Waals surface area contributed by atoms with Gasteiger partial charge in [-0.25, -0.2) is 9.59 Å². The van der Waals surface area contributed by atoms with Crippen LogP contribution in [-0.4, -0.2) is 52.7 Å². The fraction of sp³-hybridized carbons (Fsp3) is 0.360. The standard InChI is InChI=1S/C25H31N3O7/c1-16(2)12-21(24(32)33)27-22(30)14-26-23(31)20(13-17-8-10-19(29)11-9-17)28-25(34)35-15-18-6-4-3-5-7-18/h3-11,16,20-21,29H,12-15H2,1-2H3,(H,26,31)(H,27,30)(H,28,34)(H,32,33). The van der Waals surface area contributed by atoms with Gasteiger partial charge in [-0.15, -0.1) is 0 Å². The van der Waals surface area contributed by atoms with E-state index in [1.807, 2.05) is 19.9 Å². The van der Waals surface area contributed by atoms with Crippen LogP contribution in [0.4, 0.5) is 4.79 Å². The number of hydrogen-bond acceptors (Lipinski definition) is 6. The second-order valence-corrected chi connectivity index (χ2v) is 8.43. The van der Waals surface area contributed by atoms with Gasteiger partial charge in [0.2, 0.25) is 11.8 Å². The molecule has 2 rings (SSSR count). The molecule has 10 nitrogen and oxygen atoms in total. The SMILES string of the molecule is CC(C)CC(NC(=O)CNC(=O)C(Cc1ccc(O)cc1)NC(=O)OCc1ccccc1)C(=O)O. The van der Waals surface area contributed by atoms with Crippen LogP contribution in [0.15, 0.2) is 54.6 Å². The Balaban J connectivity index is 1.99. The molecule has 0 saturated heterocycles. The van der Waals surface area contributed by atoms with Crippen molar-refractivity contribution in [2.24, 2.45) is 5.92 Å². The van der Waals surface area contributed by atoms with Crippen molar-refractivity contribution in [1.29, 1.82) is 0 Å². The number of amides is 3. The summed E-state index contributed by atoms with van der Waals surface area (Å²) in [6.07, 6.45) is -0.507. The van der Waals surface area contributed by atoms with Crippen molar-refractivity contribution in [2.45, 2.75) is 45.4 Å². The Bertz CT molecular complexity index is 994. The van der Waals surface area contributed by atoms with E-state index in [1.54, 1.807) is 36.4 Å². The predicted molar refractivity (Wildman–Crippen MR) is 127 cm³/mol. The summed E-state index contributed by atoms with van der Waals surface area (Å²) in [5.74, 6) is -2.38. The molecule has 0 aliphatic carbocycles. The Morgan fingerprint density at radius 3 is 2.14 bits per heavy atom. The van der Waals surface area contributed by atoms with E-state index in [9.17, 15) is 29.4 Å². The summed E-state index contributed by atoms with van der Waals surface area (Å²) in [5.41, 5.74) is 1.42. The molecule has 0 aromatic heterocycles. The Labute approximate surface area is 203 Å². The summed E-state index contributed by atoms with van der Waals surface area (Å²) < 4.78 is 5.19. The molecule has 0 fully saturated rings. The third-order valence-electron chi connectivity index (χ3n) is 4.96. The second-order valence-electron chi connectivity index (χ2n) is 8.43. The molecular weight excluding hydrogens is 454 g/mol. The van der Waals surface area contributed by atoms with Crippen molar-refractivity contribution in [2.75, 3.05) is 6.54 Å². The number of carbonyl (C=O) groups excluding carboxylic acids is 3.